The molecule has 0 heterocycles. The van der Waals surface area contributed by atoms with Gasteiger partial charge in [0.25, 0.3) is 0 Å². The van der Waals surface area contributed by atoms with Crippen molar-refractivity contribution in [3.63, 3.8) is 0 Å². The highest BCUT2D eigenvalue weighted by molar-refractivity contribution is 5.87. The molecule has 0 rings (SSSR count). The molecular weight excluding hydrogens is 893 g/mol. The van der Waals surface area contributed by atoms with Crippen molar-refractivity contribution in [1.82, 2.24) is 26.6 Å². The molecule has 0 aliphatic heterocycles. The Hall–Kier alpha value is -5.38. The van der Waals surface area contributed by atoms with Crippen molar-refractivity contribution in [2.75, 3.05) is 39.5 Å². The van der Waals surface area contributed by atoms with Gasteiger partial charge >= 0.3 is 23.9 Å². The molecule has 390 valence electrons. The molecule has 0 fully saturated rings. The molecule has 0 saturated carbocycles. The Kier molecular flexibility index (Phi) is 37.4. The highest BCUT2D eigenvalue weighted by Gasteiger charge is 2.25. The molecule has 0 unspecified atom stereocenters. The van der Waals surface area contributed by atoms with Gasteiger partial charge in [-0.1, -0.05) is 90.4 Å². The van der Waals surface area contributed by atoms with Crippen LogP contribution >= 0.6 is 0 Å². The zero-order chi connectivity index (χ0) is 51.0. The van der Waals surface area contributed by atoms with Crippen molar-refractivity contribution in [3.8, 4) is 0 Å². The fraction of sp³-hybridized carbons (Fsp3) is 0.783. The Balaban J connectivity index is 4.11. The van der Waals surface area contributed by atoms with Crippen LogP contribution in [0.25, 0.3) is 0 Å². The third-order valence-electron chi connectivity index (χ3n) is 11.0. The third kappa shape index (κ3) is 37.7. The maximum absolute atomic E-state index is 12.4. The van der Waals surface area contributed by atoms with Gasteiger partial charge in [0.15, 0.2) is 0 Å². The highest BCUT2D eigenvalue weighted by atomic mass is 16.5. The first-order valence-corrected chi connectivity index (χ1v) is 24.2. The Morgan fingerprint density at radius 3 is 1.24 bits per heavy atom. The minimum Gasteiger partial charge on any atom is -0.481 e. The van der Waals surface area contributed by atoms with Crippen molar-refractivity contribution < 1.29 is 77.8 Å². The minimum atomic E-state index is -1.48. The molecule has 0 aromatic carbocycles. The quantitative estimate of drug-likeness (QED) is 0.0392. The second-order valence-electron chi connectivity index (χ2n) is 17.0. The number of carboxylic acid groups (broad SMARTS) is 4. The number of rotatable bonds is 46. The van der Waals surface area contributed by atoms with E-state index in [0.29, 0.717) is 32.2 Å². The first kappa shape index (κ1) is 62.6. The molecule has 0 radical (unpaired) electrons. The summed E-state index contributed by atoms with van der Waals surface area (Å²) in [6.07, 6.45) is 15.5. The number of hydrogen-bond donors (Lipinski definition) is 10. The van der Waals surface area contributed by atoms with Crippen LogP contribution in [0.2, 0.25) is 0 Å². The van der Waals surface area contributed by atoms with E-state index < -0.39 is 84.6 Å². The summed E-state index contributed by atoms with van der Waals surface area (Å²) >= 11 is 0. The van der Waals surface area contributed by atoms with Crippen molar-refractivity contribution in [3.05, 3.63) is 0 Å². The molecule has 0 spiro atoms. The minimum absolute atomic E-state index is 0.0186. The number of amides is 6. The monoisotopic (exact) mass is 973 g/mol. The van der Waals surface area contributed by atoms with E-state index in [-0.39, 0.29) is 83.1 Å². The van der Waals surface area contributed by atoms with Gasteiger partial charge in [-0.15, -0.1) is 0 Å². The standard InChI is InChI=1S/C46H80N6O16/c1-33(43(47)60)18-16-17-27-48-37(53)24-21-35(45(63)64)51-40(56)26-23-36(46(65)66)52-41(57)32-68-31-30-67-29-28-49-38(54)25-22-34(44(61)62)50-39(55)19-14-12-10-8-6-4-2-3-5-7-9-11-13-15-20-42(58)59/h33-36H,2-32H2,1H3,(H2,47,60)(H,48,53)(H,49,54)(H,50,55)(H,51,56)(H,52,57)(H,58,59)(H,61,62)(H,63,64)(H,65,66)/t33-,34-,35-,36-/m0/s1. The van der Waals surface area contributed by atoms with Crippen molar-refractivity contribution >= 4 is 59.3 Å². The van der Waals surface area contributed by atoms with Crippen LogP contribution in [-0.2, 0) is 57.4 Å². The van der Waals surface area contributed by atoms with E-state index in [2.05, 4.69) is 26.6 Å². The second kappa shape index (κ2) is 40.7. The number of carboxylic acids is 4. The van der Waals surface area contributed by atoms with Gasteiger partial charge in [0.05, 0.1) is 19.8 Å². The highest BCUT2D eigenvalue weighted by Crippen LogP contribution is 2.14. The van der Waals surface area contributed by atoms with Gasteiger partial charge in [-0.25, -0.2) is 14.4 Å². The SMILES string of the molecule is C[C@@H](CCCCNC(=O)CC[C@H](NC(=O)CC[C@H](NC(=O)COCCOCCNC(=O)CC[C@H](NC(=O)CCCCCCCCCCCCCCCCC(=O)O)C(=O)O)C(=O)O)C(=O)O)C(N)=O. The number of hydrogen-bond acceptors (Lipinski definition) is 12. The average Bonchev–Trinajstić information content (AvgIpc) is 3.27. The fourth-order valence-corrected chi connectivity index (χ4v) is 6.82. The van der Waals surface area contributed by atoms with E-state index in [1.54, 1.807) is 6.92 Å². The van der Waals surface area contributed by atoms with Gasteiger partial charge in [-0.3, -0.25) is 33.6 Å². The van der Waals surface area contributed by atoms with Crippen LogP contribution in [0.4, 0.5) is 0 Å². The lowest BCUT2D eigenvalue weighted by molar-refractivity contribution is -0.144. The van der Waals surface area contributed by atoms with Gasteiger partial charge in [0.2, 0.25) is 35.4 Å². The van der Waals surface area contributed by atoms with E-state index >= 15 is 0 Å². The van der Waals surface area contributed by atoms with Crippen LogP contribution in [0.3, 0.4) is 0 Å². The molecule has 22 nitrogen and oxygen atoms in total. The lowest BCUT2D eigenvalue weighted by Gasteiger charge is -2.17. The Morgan fingerprint density at radius 2 is 0.794 bits per heavy atom. The summed E-state index contributed by atoms with van der Waals surface area (Å²) in [5.74, 6) is -8.29. The van der Waals surface area contributed by atoms with E-state index in [9.17, 15) is 63.3 Å². The van der Waals surface area contributed by atoms with Crippen LogP contribution in [0, 0.1) is 5.92 Å². The van der Waals surface area contributed by atoms with Gasteiger partial charge in [-0.2, -0.15) is 0 Å². The number of ether oxygens (including phenoxy) is 2. The van der Waals surface area contributed by atoms with Crippen LogP contribution in [-0.4, -0.2) is 137 Å². The summed E-state index contributed by atoms with van der Waals surface area (Å²) in [5.41, 5.74) is 5.21. The van der Waals surface area contributed by atoms with Crippen LogP contribution in [0.15, 0.2) is 0 Å². The third-order valence-corrected chi connectivity index (χ3v) is 11.0. The molecule has 22 heteroatoms. The normalized spacial score (nSPS) is 12.7. The Morgan fingerprint density at radius 1 is 0.412 bits per heavy atom. The summed E-state index contributed by atoms with van der Waals surface area (Å²) in [5, 5.41) is 49.4. The Labute approximate surface area is 399 Å². The van der Waals surface area contributed by atoms with E-state index in [0.717, 1.165) is 51.4 Å². The zero-order valence-electron chi connectivity index (χ0n) is 40.0. The first-order chi connectivity index (χ1) is 32.4. The largest absolute Gasteiger partial charge is 0.481 e. The molecule has 0 bridgehead atoms. The number of primary amides is 1. The molecule has 0 aromatic rings. The number of carbonyl (C=O) groups excluding carboxylic acids is 6. The van der Waals surface area contributed by atoms with E-state index in [4.69, 9.17) is 20.3 Å². The van der Waals surface area contributed by atoms with Crippen molar-refractivity contribution in [2.24, 2.45) is 11.7 Å². The topological polar surface area (TPSA) is 356 Å². The molecule has 0 aliphatic rings. The summed E-state index contributed by atoms with van der Waals surface area (Å²) in [7, 11) is 0. The lowest BCUT2D eigenvalue weighted by atomic mass is 10.0. The number of carbonyl (C=O) groups is 10. The Bertz CT molecular complexity index is 1530. The summed E-state index contributed by atoms with van der Waals surface area (Å²) in [6, 6.07) is -4.10. The van der Waals surface area contributed by atoms with Crippen LogP contribution < -0.4 is 32.3 Å². The molecular formula is C46H80N6O16. The second-order valence-corrected chi connectivity index (χ2v) is 17.0. The molecule has 0 aromatic heterocycles. The number of nitrogens with two attached hydrogens (primary N) is 1. The fourth-order valence-electron chi connectivity index (χ4n) is 6.82. The number of unbranched alkanes of at least 4 members (excludes halogenated alkanes) is 14. The summed E-state index contributed by atoms with van der Waals surface area (Å²) in [4.78, 5) is 118. The predicted molar refractivity (Wildman–Crippen MR) is 248 cm³/mol. The predicted octanol–water partition coefficient (Wildman–Crippen LogP) is 2.92. The van der Waals surface area contributed by atoms with Crippen LogP contribution in [0.5, 0.6) is 0 Å². The van der Waals surface area contributed by atoms with Gasteiger partial charge in [0.1, 0.15) is 24.7 Å². The van der Waals surface area contributed by atoms with Gasteiger partial charge in [-0.05, 0) is 44.9 Å². The average molecular weight is 973 g/mol. The zero-order valence-corrected chi connectivity index (χ0v) is 40.0. The maximum atomic E-state index is 12.4. The molecule has 4 atom stereocenters. The number of nitrogens with one attached hydrogen (secondary N) is 5. The molecule has 6 amide bonds. The lowest BCUT2D eigenvalue weighted by Crippen LogP contribution is -2.45. The molecule has 11 N–H and O–H groups in total. The first-order valence-electron chi connectivity index (χ1n) is 24.2. The molecule has 0 saturated heterocycles. The van der Waals surface area contributed by atoms with Gasteiger partial charge in [0, 0.05) is 51.1 Å². The number of aliphatic carboxylic acids is 4. The van der Waals surface area contributed by atoms with E-state index in [1.807, 2.05) is 0 Å². The smallest absolute Gasteiger partial charge is 0.326 e. The van der Waals surface area contributed by atoms with Crippen LogP contribution in [0.1, 0.15) is 167 Å². The molecule has 0 aliphatic carbocycles. The summed E-state index contributed by atoms with van der Waals surface area (Å²) < 4.78 is 10.5. The van der Waals surface area contributed by atoms with Crippen molar-refractivity contribution in [2.45, 2.75) is 186 Å². The van der Waals surface area contributed by atoms with Gasteiger partial charge < -0.3 is 62.2 Å². The maximum Gasteiger partial charge on any atom is 0.326 e. The molecule has 68 heavy (non-hydrogen) atoms. The van der Waals surface area contributed by atoms with E-state index in [1.165, 1.54) is 32.1 Å². The summed E-state index contributed by atoms with van der Waals surface area (Å²) in [6.45, 7) is 1.62. The van der Waals surface area contributed by atoms with Crippen molar-refractivity contribution in [1.29, 1.82) is 0 Å².